The molecule has 1 aromatic rings. The predicted octanol–water partition coefficient (Wildman–Crippen LogP) is 1.03. The number of guanidine groups is 1. The first-order valence-corrected chi connectivity index (χ1v) is 10.4. The molecule has 0 radical (unpaired) electrons. The molecule has 4 heterocycles. The molecule has 0 amide bonds. The van der Waals surface area contributed by atoms with E-state index in [1.165, 1.54) is 67.6 Å². The first-order valence-electron chi connectivity index (χ1n) is 9.58. The molecule has 5 rings (SSSR count). The quantitative estimate of drug-likeness (QED) is 0.640. The Labute approximate surface area is 154 Å². The van der Waals surface area contributed by atoms with Gasteiger partial charge in [-0.2, -0.15) is 0 Å². The molecule has 1 atom stereocenters. The van der Waals surface area contributed by atoms with Crippen LogP contribution in [0.4, 0.5) is 0 Å². The molecule has 0 aromatic carbocycles. The summed E-state index contributed by atoms with van der Waals surface area (Å²) in [5.74, 6) is 0.978. The normalized spacial score (nSPS) is 28.7. The molecule has 1 unspecified atom stereocenters. The van der Waals surface area contributed by atoms with E-state index in [2.05, 4.69) is 32.1 Å². The Morgan fingerprint density at radius 3 is 2.76 bits per heavy atom. The number of piperazine rings is 3. The SMILES string of the molecule is CN=C(NCC1CN2CCN1CC2)N(C)Cc1nc2c(s1)CCCC2. The summed E-state index contributed by atoms with van der Waals surface area (Å²) in [7, 11) is 4.00. The highest BCUT2D eigenvalue weighted by molar-refractivity contribution is 7.11. The standard InChI is InChI=1S/C18H30N6S/c1-19-18(20-11-14-12-23-7-9-24(14)10-8-23)22(2)13-17-21-15-5-3-4-6-16(15)25-17/h14H,3-13H2,1-2H3,(H,19,20). The van der Waals surface area contributed by atoms with Gasteiger partial charge in [0.2, 0.25) is 0 Å². The number of fused-ring (bicyclic) bond motifs is 4. The molecule has 0 spiro atoms. The Morgan fingerprint density at radius 2 is 2.08 bits per heavy atom. The largest absolute Gasteiger partial charge is 0.355 e. The van der Waals surface area contributed by atoms with Gasteiger partial charge in [-0.05, 0) is 25.7 Å². The minimum atomic E-state index is 0.611. The van der Waals surface area contributed by atoms with E-state index in [-0.39, 0.29) is 0 Å². The number of nitrogens with zero attached hydrogens (tertiary/aromatic N) is 5. The molecule has 1 aromatic heterocycles. The molecule has 4 aliphatic rings. The number of aromatic nitrogens is 1. The van der Waals surface area contributed by atoms with Gasteiger partial charge < -0.3 is 10.2 Å². The number of aliphatic imine (C=N–C) groups is 1. The molecule has 3 saturated heterocycles. The van der Waals surface area contributed by atoms with Crippen molar-refractivity contribution in [2.24, 2.45) is 4.99 Å². The fourth-order valence-electron chi connectivity index (χ4n) is 4.26. The Morgan fingerprint density at radius 1 is 1.28 bits per heavy atom. The zero-order valence-electron chi connectivity index (χ0n) is 15.5. The highest BCUT2D eigenvalue weighted by atomic mass is 32.1. The van der Waals surface area contributed by atoms with Crippen LogP contribution in [0.15, 0.2) is 4.99 Å². The summed E-state index contributed by atoms with van der Waals surface area (Å²) in [6, 6.07) is 0.611. The van der Waals surface area contributed by atoms with E-state index in [0.717, 1.165) is 25.5 Å². The average Bonchev–Trinajstić information content (AvgIpc) is 3.05. The zero-order chi connectivity index (χ0) is 17.2. The Hall–Kier alpha value is -1.18. The molecule has 1 aliphatic carbocycles. The lowest BCUT2D eigenvalue weighted by atomic mass is 10.0. The third kappa shape index (κ3) is 3.83. The van der Waals surface area contributed by atoms with Crippen molar-refractivity contribution in [3.05, 3.63) is 15.6 Å². The van der Waals surface area contributed by atoms with Crippen molar-refractivity contribution in [2.75, 3.05) is 53.4 Å². The minimum absolute atomic E-state index is 0.611. The molecule has 1 N–H and O–H groups in total. The molecular weight excluding hydrogens is 332 g/mol. The molecular formula is C18H30N6S. The van der Waals surface area contributed by atoms with Crippen LogP contribution in [0.1, 0.15) is 28.4 Å². The maximum absolute atomic E-state index is 4.87. The molecule has 3 fully saturated rings. The van der Waals surface area contributed by atoms with Crippen LogP contribution in [-0.2, 0) is 19.4 Å². The maximum Gasteiger partial charge on any atom is 0.193 e. The van der Waals surface area contributed by atoms with Crippen LogP contribution in [0.5, 0.6) is 0 Å². The van der Waals surface area contributed by atoms with Crippen LogP contribution in [0.2, 0.25) is 0 Å². The molecule has 3 aliphatic heterocycles. The van der Waals surface area contributed by atoms with Crippen molar-refractivity contribution in [1.29, 1.82) is 0 Å². The summed E-state index contributed by atoms with van der Waals surface area (Å²) >= 11 is 1.90. The zero-order valence-corrected chi connectivity index (χ0v) is 16.3. The van der Waals surface area contributed by atoms with E-state index < -0.39 is 0 Å². The lowest BCUT2D eigenvalue weighted by Crippen LogP contribution is -2.63. The number of hydrogen-bond donors (Lipinski definition) is 1. The minimum Gasteiger partial charge on any atom is -0.355 e. The van der Waals surface area contributed by atoms with Gasteiger partial charge in [-0.15, -0.1) is 11.3 Å². The Balaban J connectivity index is 1.32. The van der Waals surface area contributed by atoms with Crippen LogP contribution < -0.4 is 5.32 Å². The van der Waals surface area contributed by atoms with Crippen LogP contribution >= 0.6 is 11.3 Å². The predicted molar refractivity (Wildman–Crippen MR) is 103 cm³/mol. The first-order chi connectivity index (χ1) is 12.2. The van der Waals surface area contributed by atoms with Crippen LogP contribution in [0.3, 0.4) is 0 Å². The number of aryl methyl sites for hydroxylation is 2. The van der Waals surface area contributed by atoms with Crippen LogP contribution in [0, 0.1) is 0 Å². The summed E-state index contributed by atoms with van der Waals surface area (Å²) < 4.78 is 0. The molecule has 138 valence electrons. The fourth-order valence-corrected chi connectivity index (χ4v) is 5.47. The van der Waals surface area contributed by atoms with Gasteiger partial charge in [0.15, 0.2) is 5.96 Å². The third-order valence-corrected chi connectivity index (χ3v) is 6.87. The van der Waals surface area contributed by atoms with Crippen molar-refractivity contribution in [1.82, 2.24) is 25.0 Å². The van der Waals surface area contributed by atoms with Gasteiger partial charge in [0, 0.05) is 64.3 Å². The van der Waals surface area contributed by atoms with Gasteiger partial charge >= 0.3 is 0 Å². The smallest absolute Gasteiger partial charge is 0.193 e. The van der Waals surface area contributed by atoms with Gasteiger partial charge in [-0.3, -0.25) is 14.8 Å². The Bertz CT molecular complexity index is 596. The van der Waals surface area contributed by atoms with Crippen molar-refractivity contribution in [2.45, 2.75) is 38.3 Å². The molecule has 6 nitrogen and oxygen atoms in total. The van der Waals surface area contributed by atoms with E-state index in [4.69, 9.17) is 4.98 Å². The lowest BCUT2D eigenvalue weighted by Gasteiger charge is -2.47. The molecule has 2 bridgehead atoms. The summed E-state index contributed by atoms with van der Waals surface area (Å²) in [5.41, 5.74) is 1.35. The first kappa shape index (κ1) is 17.2. The summed E-state index contributed by atoms with van der Waals surface area (Å²) in [4.78, 5) is 18.3. The van der Waals surface area contributed by atoms with E-state index in [9.17, 15) is 0 Å². The molecule has 7 heteroatoms. The second-order valence-corrected chi connectivity index (χ2v) is 8.63. The second kappa shape index (κ2) is 7.60. The van der Waals surface area contributed by atoms with Crippen molar-refractivity contribution in [3.8, 4) is 0 Å². The number of rotatable bonds is 4. The summed E-state index contributed by atoms with van der Waals surface area (Å²) in [6.45, 7) is 7.91. The van der Waals surface area contributed by atoms with Gasteiger partial charge in [-0.25, -0.2) is 4.98 Å². The van der Waals surface area contributed by atoms with Gasteiger partial charge in [0.05, 0.1) is 12.2 Å². The van der Waals surface area contributed by atoms with Crippen molar-refractivity contribution in [3.63, 3.8) is 0 Å². The van der Waals surface area contributed by atoms with E-state index in [1.807, 2.05) is 18.4 Å². The Kier molecular flexibility index (Phi) is 5.24. The topological polar surface area (TPSA) is 47.0 Å². The monoisotopic (exact) mass is 362 g/mol. The lowest BCUT2D eigenvalue weighted by molar-refractivity contribution is 0.0152. The maximum atomic E-state index is 4.87. The fraction of sp³-hybridized carbons (Fsp3) is 0.778. The van der Waals surface area contributed by atoms with Crippen molar-refractivity contribution < 1.29 is 0 Å². The van der Waals surface area contributed by atoms with E-state index in [1.54, 1.807) is 0 Å². The van der Waals surface area contributed by atoms with E-state index >= 15 is 0 Å². The highest BCUT2D eigenvalue weighted by Crippen LogP contribution is 2.27. The summed E-state index contributed by atoms with van der Waals surface area (Å²) in [5, 5.41) is 4.82. The average molecular weight is 363 g/mol. The number of thiazole rings is 1. The van der Waals surface area contributed by atoms with Gasteiger partial charge in [-0.1, -0.05) is 0 Å². The third-order valence-electron chi connectivity index (χ3n) is 5.72. The van der Waals surface area contributed by atoms with Gasteiger partial charge in [0.25, 0.3) is 0 Å². The molecule has 0 saturated carbocycles. The van der Waals surface area contributed by atoms with Crippen LogP contribution in [0.25, 0.3) is 0 Å². The number of hydrogen-bond acceptors (Lipinski definition) is 5. The highest BCUT2D eigenvalue weighted by Gasteiger charge is 2.31. The van der Waals surface area contributed by atoms with E-state index in [0.29, 0.717) is 6.04 Å². The van der Waals surface area contributed by atoms with Crippen LogP contribution in [-0.4, -0.2) is 85.0 Å². The molecule has 25 heavy (non-hydrogen) atoms. The van der Waals surface area contributed by atoms with Crippen molar-refractivity contribution >= 4 is 17.3 Å². The second-order valence-electron chi connectivity index (χ2n) is 7.46. The summed E-state index contributed by atoms with van der Waals surface area (Å²) in [6.07, 6.45) is 5.00. The number of nitrogens with one attached hydrogen (secondary N) is 1. The van der Waals surface area contributed by atoms with Gasteiger partial charge in [0.1, 0.15) is 5.01 Å².